The molecule has 9 heteroatoms. The Morgan fingerprint density at radius 2 is 1.88 bits per heavy atom. The fourth-order valence-electron chi connectivity index (χ4n) is 4.50. The number of benzene rings is 1. The monoisotopic (exact) mass is 460 g/mol. The van der Waals surface area contributed by atoms with Gasteiger partial charge in [-0.2, -0.15) is 23.3 Å². The molecule has 1 fully saturated rings. The van der Waals surface area contributed by atoms with Crippen molar-refractivity contribution in [3.05, 3.63) is 53.2 Å². The molecule has 6 nitrogen and oxygen atoms in total. The third-order valence-corrected chi connectivity index (χ3v) is 6.19. The number of aromatic nitrogens is 3. The number of hydrogen-bond donors (Lipinski definition) is 0. The molecule has 0 spiro atoms. The Bertz CT molecular complexity index is 1140. The highest BCUT2D eigenvalue weighted by atomic mass is 19.4. The summed E-state index contributed by atoms with van der Waals surface area (Å²) < 4.78 is 47.9. The van der Waals surface area contributed by atoms with Crippen LogP contribution in [0.25, 0.3) is 11.0 Å². The van der Waals surface area contributed by atoms with Gasteiger partial charge >= 0.3 is 6.18 Å². The predicted octanol–water partition coefficient (Wildman–Crippen LogP) is 4.54. The number of hydrogen-bond acceptors (Lipinski definition) is 4. The first-order valence-electron chi connectivity index (χ1n) is 11.0. The van der Waals surface area contributed by atoms with Gasteiger partial charge in [-0.15, -0.1) is 0 Å². The van der Waals surface area contributed by atoms with Gasteiger partial charge in [0.05, 0.1) is 16.6 Å². The van der Waals surface area contributed by atoms with Gasteiger partial charge in [-0.1, -0.05) is 30.3 Å². The minimum Gasteiger partial charge on any atom is -0.464 e. The molecule has 0 aliphatic carbocycles. The van der Waals surface area contributed by atoms with E-state index in [0.717, 1.165) is 25.3 Å². The molecule has 33 heavy (non-hydrogen) atoms. The lowest BCUT2D eigenvalue weighted by atomic mass is 9.90. The van der Waals surface area contributed by atoms with Crippen LogP contribution >= 0.6 is 0 Å². The van der Waals surface area contributed by atoms with E-state index in [2.05, 4.69) is 22.2 Å². The maximum absolute atomic E-state index is 13.7. The smallest absolute Gasteiger partial charge is 0.417 e. The van der Waals surface area contributed by atoms with Crippen molar-refractivity contribution in [3.63, 3.8) is 0 Å². The molecule has 1 aliphatic rings. The molecular weight excluding hydrogens is 433 g/mol. The fourth-order valence-corrected chi connectivity index (χ4v) is 4.50. The number of carbonyl (C=O) groups is 1. The Hall–Kier alpha value is -3.10. The zero-order valence-electron chi connectivity index (χ0n) is 18.9. The standard InChI is InChI=1S/C24H27F3N4O2/c1-15-21-19(24(25,26)27)14-20(28-22(21)30(3)29-15)33-16(2)23(32)31-11-9-18(10-12-31)13-17-7-5-4-6-8-17/h4-8,14,16,18H,9-13H2,1-3H3/t16-/m1/s1. The number of rotatable bonds is 5. The van der Waals surface area contributed by atoms with Crippen LogP contribution in [-0.4, -0.2) is 44.8 Å². The molecule has 1 aromatic carbocycles. The Labute approximate surface area is 190 Å². The molecule has 4 rings (SSSR count). The van der Waals surface area contributed by atoms with Crippen molar-refractivity contribution in [2.45, 2.75) is 45.4 Å². The number of halogens is 3. The van der Waals surface area contributed by atoms with E-state index in [1.165, 1.54) is 24.2 Å². The minimum absolute atomic E-state index is 0.0585. The van der Waals surface area contributed by atoms with Gasteiger partial charge < -0.3 is 9.64 Å². The number of carbonyl (C=O) groups excluding carboxylic acids is 1. The molecule has 3 heterocycles. The maximum atomic E-state index is 13.7. The van der Waals surface area contributed by atoms with Crippen LogP contribution in [0.1, 0.15) is 36.6 Å². The van der Waals surface area contributed by atoms with Crippen molar-refractivity contribution in [2.24, 2.45) is 13.0 Å². The molecule has 1 atom stereocenters. The summed E-state index contributed by atoms with van der Waals surface area (Å²) in [5, 5.41) is 4.00. The van der Waals surface area contributed by atoms with Gasteiger partial charge in [0, 0.05) is 26.2 Å². The van der Waals surface area contributed by atoms with E-state index < -0.39 is 17.8 Å². The number of nitrogens with zero attached hydrogens (tertiary/aromatic N) is 4. The molecule has 176 valence electrons. The van der Waals surface area contributed by atoms with E-state index in [1.807, 2.05) is 18.2 Å². The third-order valence-electron chi connectivity index (χ3n) is 6.19. The van der Waals surface area contributed by atoms with Gasteiger partial charge in [0.25, 0.3) is 5.91 Å². The number of amides is 1. The second-order valence-corrected chi connectivity index (χ2v) is 8.63. The Kier molecular flexibility index (Phi) is 6.32. The van der Waals surface area contributed by atoms with E-state index in [-0.39, 0.29) is 28.5 Å². The van der Waals surface area contributed by atoms with Crippen molar-refractivity contribution in [2.75, 3.05) is 13.1 Å². The van der Waals surface area contributed by atoms with Crippen LogP contribution in [0.2, 0.25) is 0 Å². The van der Waals surface area contributed by atoms with E-state index >= 15 is 0 Å². The van der Waals surface area contributed by atoms with Gasteiger partial charge in [-0.25, -0.2) is 0 Å². The second-order valence-electron chi connectivity index (χ2n) is 8.63. The van der Waals surface area contributed by atoms with Gasteiger partial charge in [0.1, 0.15) is 0 Å². The zero-order valence-corrected chi connectivity index (χ0v) is 18.9. The topological polar surface area (TPSA) is 60.2 Å². The largest absolute Gasteiger partial charge is 0.464 e. The summed E-state index contributed by atoms with van der Waals surface area (Å²) in [5.74, 6) is 0.0154. The number of ether oxygens (including phenoxy) is 1. The molecule has 3 aromatic rings. The molecule has 0 unspecified atom stereocenters. The highest BCUT2D eigenvalue weighted by Gasteiger charge is 2.36. The zero-order chi connectivity index (χ0) is 23.8. The van der Waals surface area contributed by atoms with Crippen LogP contribution < -0.4 is 4.74 Å². The normalized spacial score (nSPS) is 16.2. The lowest BCUT2D eigenvalue weighted by Gasteiger charge is -2.33. The van der Waals surface area contributed by atoms with Crippen molar-refractivity contribution in [3.8, 4) is 5.88 Å². The lowest BCUT2D eigenvalue weighted by Crippen LogP contribution is -2.45. The van der Waals surface area contributed by atoms with Crippen molar-refractivity contribution < 1.29 is 22.7 Å². The van der Waals surface area contributed by atoms with Crippen LogP contribution in [-0.2, 0) is 24.4 Å². The number of alkyl halides is 3. The first-order valence-corrected chi connectivity index (χ1v) is 11.0. The molecule has 1 aliphatic heterocycles. The number of likely N-dealkylation sites (tertiary alicyclic amines) is 1. The van der Waals surface area contributed by atoms with Crippen LogP contribution in [0.15, 0.2) is 36.4 Å². The SMILES string of the molecule is Cc1nn(C)c2nc(O[C@H](C)C(=O)N3CCC(Cc4ccccc4)CC3)cc(C(F)(F)F)c12. The number of fused-ring (bicyclic) bond motifs is 1. The molecule has 1 saturated heterocycles. The maximum Gasteiger partial charge on any atom is 0.417 e. The van der Waals surface area contributed by atoms with Gasteiger partial charge in [0.2, 0.25) is 5.88 Å². The lowest BCUT2D eigenvalue weighted by molar-refractivity contribution is -0.139. The predicted molar refractivity (Wildman–Crippen MR) is 118 cm³/mol. The molecule has 1 amide bonds. The van der Waals surface area contributed by atoms with Crippen molar-refractivity contribution >= 4 is 16.9 Å². The molecular formula is C24H27F3N4O2. The summed E-state index contributed by atoms with van der Waals surface area (Å²) in [6.45, 7) is 4.26. The summed E-state index contributed by atoms with van der Waals surface area (Å²) in [4.78, 5) is 18.8. The first kappa shape index (κ1) is 23.1. The number of pyridine rings is 1. The molecule has 0 bridgehead atoms. The van der Waals surface area contributed by atoms with E-state index in [0.29, 0.717) is 19.0 Å². The summed E-state index contributed by atoms with van der Waals surface area (Å²) >= 11 is 0. The van der Waals surface area contributed by atoms with Gasteiger partial charge in [0.15, 0.2) is 11.8 Å². The quantitative estimate of drug-likeness (QED) is 0.561. The number of aryl methyl sites for hydroxylation is 2. The minimum atomic E-state index is -4.60. The highest BCUT2D eigenvalue weighted by Crippen LogP contribution is 2.37. The average Bonchev–Trinajstić information content (AvgIpc) is 3.06. The van der Waals surface area contributed by atoms with Gasteiger partial charge in [-0.05, 0) is 44.6 Å². The summed E-state index contributed by atoms with van der Waals surface area (Å²) in [6, 6.07) is 11.1. The molecule has 0 saturated carbocycles. The van der Waals surface area contributed by atoms with E-state index in [1.54, 1.807) is 11.8 Å². The molecule has 0 radical (unpaired) electrons. The fraction of sp³-hybridized carbons (Fsp3) is 0.458. The van der Waals surface area contributed by atoms with Crippen LogP contribution in [0.4, 0.5) is 13.2 Å². The Morgan fingerprint density at radius 1 is 1.21 bits per heavy atom. The summed E-state index contributed by atoms with van der Waals surface area (Å²) in [6.07, 6.45) is -2.81. The summed E-state index contributed by atoms with van der Waals surface area (Å²) in [7, 11) is 1.53. The summed E-state index contributed by atoms with van der Waals surface area (Å²) in [5.41, 5.74) is 0.723. The number of piperidine rings is 1. The second kappa shape index (κ2) is 9.03. The molecule has 0 N–H and O–H groups in total. The molecule has 2 aromatic heterocycles. The third kappa shape index (κ3) is 4.96. The Morgan fingerprint density at radius 3 is 2.52 bits per heavy atom. The van der Waals surface area contributed by atoms with Crippen molar-refractivity contribution in [1.29, 1.82) is 0 Å². The average molecular weight is 461 g/mol. The first-order chi connectivity index (χ1) is 15.6. The Balaban J connectivity index is 1.43. The van der Waals surface area contributed by atoms with E-state index in [9.17, 15) is 18.0 Å². The highest BCUT2D eigenvalue weighted by molar-refractivity contribution is 5.84. The van der Waals surface area contributed by atoms with Crippen molar-refractivity contribution in [1.82, 2.24) is 19.7 Å². The van der Waals surface area contributed by atoms with E-state index in [4.69, 9.17) is 4.74 Å². The van der Waals surface area contributed by atoms with Crippen LogP contribution in [0.3, 0.4) is 0 Å². The van der Waals surface area contributed by atoms with Gasteiger partial charge in [-0.3, -0.25) is 9.48 Å². The van der Waals surface area contributed by atoms with Crippen LogP contribution in [0.5, 0.6) is 5.88 Å². The van der Waals surface area contributed by atoms with Crippen LogP contribution in [0, 0.1) is 12.8 Å².